The summed E-state index contributed by atoms with van der Waals surface area (Å²) in [6.07, 6.45) is 0. The van der Waals surface area contributed by atoms with Gasteiger partial charge in [-0.2, -0.15) is 4.98 Å². The minimum absolute atomic E-state index is 0.376. The van der Waals surface area contributed by atoms with Crippen LogP contribution in [0, 0.1) is 33.9 Å². The van der Waals surface area contributed by atoms with Gasteiger partial charge in [0.05, 0.1) is 5.56 Å². The lowest BCUT2D eigenvalue weighted by molar-refractivity contribution is 0.380. The van der Waals surface area contributed by atoms with Gasteiger partial charge in [-0.3, -0.25) is 0 Å². The lowest BCUT2D eigenvalue weighted by Gasteiger charge is -2.07. The molecule has 0 fully saturated rings. The predicted molar refractivity (Wildman–Crippen MR) is 56.9 cm³/mol. The topological polar surface area (TPSA) is 67.6 Å². The summed E-state index contributed by atoms with van der Waals surface area (Å²) in [6, 6.07) is 0. The average molecular weight is 294 g/mol. The fraction of sp³-hybridized carbons (Fsp3) is 0. The third kappa shape index (κ3) is 2.14. The molecule has 0 radical (unpaired) electrons. The van der Waals surface area contributed by atoms with Crippen molar-refractivity contribution >= 4 is 18.2 Å². The molecule has 0 atom stereocenters. The molecule has 0 saturated heterocycles. The Morgan fingerprint density at radius 2 is 1.32 bits per heavy atom. The summed E-state index contributed by atoms with van der Waals surface area (Å²) in [6.45, 7) is 0. The molecule has 0 aliphatic carbocycles. The summed E-state index contributed by atoms with van der Waals surface area (Å²) in [4.78, 5) is 8.84. The smallest absolute Gasteiger partial charge is 0.224 e. The molecule has 0 unspecified atom stereocenters. The van der Waals surface area contributed by atoms with Crippen molar-refractivity contribution in [2.45, 2.75) is 0 Å². The monoisotopic (exact) mass is 294 g/mol. The molecular weight excluding hydrogens is 291 g/mol. The molecule has 0 spiro atoms. The Balaban J connectivity index is 2.86. The van der Waals surface area contributed by atoms with Crippen molar-refractivity contribution in [1.29, 1.82) is 0 Å². The molecule has 19 heavy (non-hydrogen) atoms. The van der Waals surface area contributed by atoms with Gasteiger partial charge in [-0.15, -0.1) is 0 Å². The van der Waals surface area contributed by atoms with Crippen molar-refractivity contribution in [2.24, 2.45) is 0 Å². The summed E-state index contributed by atoms with van der Waals surface area (Å²) in [7, 11) is 0. The first-order valence-electron chi connectivity index (χ1n) is 4.58. The van der Waals surface area contributed by atoms with E-state index in [4.69, 9.17) is 5.73 Å². The molecule has 100 valence electrons. The van der Waals surface area contributed by atoms with Crippen LogP contribution in [0.2, 0.25) is 0 Å². The van der Waals surface area contributed by atoms with Crippen LogP contribution in [0.1, 0.15) is 0 Å². The number of anilines is 1. The second-order valence-corrected chi connectivity index (χ2v) is 3.68. The van der Waals surface area contributed by atoms with Crippen molar-refractivity contribution in [2.75, 3.05) is 5.73 Å². The molecule has 2 aromatic rings. The van der Waals surface area contributed by atoms with E-state index in [1.165, 1.54) is 0 Å². The molecule has 0 aliphatic heterocycles. The first kappa shape index (κ1) is 13.3. The van der Waals surface area contributed by atoms with Crippen LogP contribution in [0.15, 0.2) is 0 Å². The van der Waals surface area contributed by atoms with Crippen LogP contribution in [-0.2, 0) is 0 Å². The van der Waals surface area contributed by atoms with Crippen LogP contribution in [0.4, 0.5) is 27.9 Å². The Morgan fingerprint density at radius 3 is 1.79 bits per heavy atom. The number of hydrogen-bond donors (Lipinski definition) is 2. The minimum Gasteiger partial charge on any atom is -0.369 e. The number of H-pyrrole nitrogens is 1. The zero-order valence-electron chi connectivity index (χ0n) is 8.77. The second-order valence-electron chi connectivity index (χ2n) is 3.31. The average Bonchev–Trinajstić information content (AvgIpc) is 2.33. The molecule has 0 aliphatic rings. The number of aromatic nitrogens is 3. The Hall–Kier alpha value is -2.10. The van der Waals surface area contributed by atoms with E-state index in [0.29, 0.717) is 0 Å². The predicted octanol–water partition coefficient (Wildman–Crippen LogP) is 2.48. The van der Waals surface area contributed by atoms with Crippen LogP contribution in [0.5, 0.6) is 0 Å². The zero-order chi connectivity index (χ0) is 14.3. The van der Waals surface area contributed by atoms with Gasteiger partial charge in [0.15, 0.2) is 23.3 Å². The van der Waals surface area contributed by atoms with Gasteiger partial charge in [-0.05, 0) is 12.2 Å². The lowest BCUT2D eigenvalue weighted by atomic mass is 10.1. The van der Waals surface area contributed by atoms with E-state index in [9.17, 15) is 22.0 Å². The van der Waals surface area contributed by atoms with Crippen LogP contribution in [0.25, 0.3) is 11.4 Å². The molecule has 10 heteroatoms. The van der Waals surface area contributed by atoms with Crippen molar-refractivity contribution in [3.05, 3.63) is 33.9 Å². The molecule has 0 bridgehead atoms. The van der Waals surface area contributed by atoms with Gasteiger partial charge in [-0.1, -0.05) is 0 Å². The normalized spacial score (nSPS) is 10.8. The third-order valence-electron chi connectivity index (χ3n) is 2.12. The quantitative estimate of drug-likeness (QED) is 0.367. The van der Waals surface area contributed by atoms with E-state index >= 15 is 0 Å². The largest absolute Gasteiger partial charge is 0.369 e. The molecule has 1 aromatic carbocycles. The maximum Gasteiger partial charge on any atom is 0.224 e. The fourth-order valence-corrected chi connectivity index (χ4v) is 1.52. The van der Waals surface area contributed by atoms with Crippen LogP contribution < -0.4 is 5.73 Å². The molecule has 0 saturated carbocycles. The summed E-state index contributed by atoms with van der Waals surface area (Å²) in [5, 5.41) is 0. The summed E-state index contributed by atoms with van der Waals surface area (Å²) < 4.78 is 65.4. The van der Waals surface area contributed by atoms with Gasteiger partial charge in [0.2, 0.25) is 16.5 Å². The maximum absolute atomic E-state index is 13.5. The standard InChI is InChI=1S/C9H3F5N4S/c10-2-1(3(11)5(13)6(14)4(2)12)7-16-8(15)18-9(19)17-7/h(H3,15,16,17,18,19). The van der Waals surface area contributed by atoms with Gasteiger partial charge < -0.3 is 10.7 Å². The van der Waals surface area contributed by atoms with E-state index in [0.717, 1.165) is 0 Å². The third-order valence-corrected chi connectivity index (χ3v) is 2.30. The van der Waals surface area contributed by atoms with E-state index in [1.807, 2.05) is 0 Å². The molecule has 4 nitrogen and oxygen atoms in total. The van der Waals surface area contributed by atoms with Gasteiger partial charge in [0.25, 0.3) is 0 Å². The highest BCUT2D eigenvalue weighted by molar-refractivity contribution is 7.71. The second kappa shape index (κ2) is 4.53. The minimum atomic E-state index is -2.26. The number of nitrogens with one attached hydrogen (secondary N) is 1. The van der Waals surface area contributed by atoms with Gasteiger partial charge >= 0.3 is 0 Å². The molecule has 3 N–H and O–H groups in total. The van der Waals surface area contributed by atoms with Gasteiger partial charge in [0.1, 0.15) is 5.82 Å². The molecular formula is C9H3F5N4S. The number of nitrogens with zero attached hydrogens (tertiary/aromatic N) is 2. The highest BCUT2D eigenvalue weighted by atomic mass is 32.1. The molecule has 0 amide bonds. The van der Waals surface area contributed by atoms with Crippen molar-refractivity contribution in [1.82, 2.24) is 15.0 Å². The zero-order valence-corrected chi connectivity index (χ0v) is 9.59. The van der Waals surface area contributed by atoms with Crippen molar-refractivity contribution < 1.29 is 22.0 Å². The van der Waals surface area contributed by atoms with Gasteiger partial charge in [-0.25, -0.2) is 26.9 Å². The number of nitrogen functional groups attached to an aromatic ring is 1. The summed E-state index contributed by atoms with van der Waals surface area (Å²) in [5.41, 5.74) is 3.97. The molecule has 2 rings (SSSR count). The Bertz CT molecular complexity index is 700. The number of rotatable bonds is 1. The highest BCUT2D eigenvalue weighted by Crippen LogP contribution is 2.29. The Labute approximate surface area is 107 Å². The lowest BCUT2D eigenvalue weighted by Crippen LogP contribution is -2.08. The van der Waals surface area contributed by atoms with E-state index in [-0.39, 0.29) is 5.95 Å². The maximum atomic E-state index is 13.5. The highest BCUT2D eigenvalue weighted by Gasteiger charge is 2.27. The first-order chi connectivity index (χ1) is 8.82. The number of halogens is 5. The van der Waals surface area contributed by atoms with Crippen LogP contribution in [-0.4, -0.2) is 15.0 Å². The van der Waals surface area contributed by atoms with Crippen LogP contribution in [0.3, 0.4) is 0 Å². The summed E-state index contributed by atoms with van der Waals surface area (Å²) >= 11 is 4.54. The van der Waals surface area contributed by atoms with E-state index < -0.39 is 45.2 Å². The number of nitrogens with two attached hydrogens (primary N) is 1. The van der Waals surface area contributed by atoms with Crippen molar-refractivity contribution in [3.8, 4) is 11.4 Å². The SMILES string of the molecule is Nc1nc(=S)nc(-c2c(F)c(F)c(F)c(F)c2F)[nH]1. The number of hydrogen-bond acceptors (Lipinski definition) is 4. The van der Waals surface area contributed by atoms with Gasteiger partial charge in [0, 0.05) is 0 Å². The fourth-order valence-electron chi connectivity index (χ4n) is 1.33. The number of benzene rings is 1. The Kier molecular flexibility index (Phi) is 3.18. The van der Waals surface area contributed by atoms with E-state index in [1.54, 1.807) is 0 Å². The van der Waals surface area contributed by atoms with Crippen molar-refractivity contribution in [3.63, 3.8) is 0 Å². The van der Waals surface area contributed by atoms with E-state index in [2.05, 4.69) is 27.2 Å². The van der Waals surface area contributed by atoms with Crippen LogP contribution >= 0.6 is 12.2 Å². The molecule has 1 heterocycles. The Morgan fingerprint density at radius 1 is 0.842 bits per heavy atom. The first-order valence-corrected chi connectivity index (χ1v) is 4.99. The molecule has 1 aromatic heterocycles. The number of aromatic amines is 1. The summed E-state index contributed by atoms with van der Waals surface area (Å²) in [5.74, 6) is -11.6.